The largest absolute Gasteiger partial charge is 0.371 e. The molecule has 3 rings (SSSR count). The number of piperidine rings is 1. The van der Waals surface area contributed by atoms with E-state index >= 15 is 0 Å². The van der Waals surface area contributed by atoms with Crippen LogP contribution in [0.25, 0.3) is 0 Å². The maximum absolute atomic E-state index is 13.5. The molecule has 26 heavy (non-hydrogen) atoms. The molecule has 138 valence electrons. The quantitative estimate of drug-likeness (QED) is 0.816. The van der Waals surface area contributed by atoms with Crippen molar-refractivity contribution in [1.82, 2.24) is 25.2 Å². The summed E-state index contributed by atoms with van der Waals surface area (Å²) in [6.07, 6.45) is 3.99. The first-order valence-corrected chi connectivity index (χ1v) is 8.40. The Morgan fingerprint density at radius 2 is 2.08 bits per heavy atom. The average Bonchev–Trinajstić information content (AvgIpc) is 3.14. The average molecular weight is 360 g/mol. The molecule has 0 saturated carbocycles. The van der Waals surface area contributed by atoms with Gasteiger partial charge in [-0.1, -0.05) is 11.3 Å². The topological polar surface area (TPSA) is 92.2 Å². The zero-order valence-corrected chi connectivity index (χ0v) is 14.5. The standard InChI is InChI=1S/C17H21FN6O2/c1-19-16(26)17(21-14-4-2-3-13(18)11-14)5-8-23(9-6-17)15(25)12-24-10-7-20-22-24/h2-4,7,10-11,21H,5-6,8-9,12H2,1H3,(H,19,26). The minimum Gasteiger partial charge on any atom is -0.371 e. The van der Waals surface area contributed by atoms with Crippen molar-refractivity contribution in [2.45, 2.75) is 24.9 Å². The van der Waals surface area contributed by atoms with E-state index in [9.17, 15) is 14.0 Å². The van der Waals surface area contributed by atoms with E-state index in [2.05, 4.69) is 20.9 Å². The molecule has 1 saturated heterocycles. The van der Waals surface area contributed by atoms with Gasteiger partial charge >= 0.3 is 0 Å². The van der Waals surface area contributed by atoms with Gasteiger partial charge in [-0.2, -0.15) is 0 Å². The molecule has 8 nitrogen and oxygen atoms in total. The molecule has 9 heteroatoms. The summed E-state index contributed by atoms with van der Waals surface area (Å²) in [7, 11) is 1.57. The summed E-state index contributed by atoms with van der Waals surface area (Å²) in [5.74, 6) is -0.626. The predicted octanol–water partition coefficient (Wildman–Crippen LogP) is 0.636. The Hall–Kier alpha value is -2.97. The Morgan fingerprint density at radius 1 is 1.31 bits per heavy atom. The van der Waals surface area contributed by atoms with E-state index in [1.165, 1.54) is 23.0 Å². The number of aromatic nitrogens is 3. The van der Waals surface area contributed by atoms with Crippen LogP contribution in [0.15, 0.2) is 36.7 Å². The molecule has 0 unspecified atom stereocenters. The molecular weight excluding hydrogens is 339 g/mol. The van der Waals surface area contributed by atoms with Crippen molar-refractivity contribution in [3.8, 4) is 0 Å². The maximum atomic E-state index is 13.5. The second kappa shape index (κ2) is 7.51. The van der Waals surface area contributed by atoms with E-state index in [0.717, 1.165) is 0 Å². The van der Waals surface area contributed by atoms with E-state index in [-0.39, 0.29) is 24.2 Å². The highest BCUT2D eigenvalue weighted by Crippen LogP contribution is 2.28. The van der Waals surface area contributed by atoms with Crippen LogP contribution in [0.1, 0.15) is 12.8 Å². The number of hydrogen-bond donors (Lipinski definition) is 2. The third kappa shape index (κ3) is 3.81. The zero-order chi connectivity index (χ0) is 18.6. The third-order valence-corrected chi connectivity index (χ3v) is 4.61. The molecule has 2 amide bonds. The number of likely N-dealkylation sites (tertiary alicyclic amines) is 1. The van der Waals surface area contributed by atoms with Gasteiger partial charge in [-0.05, 0) is 31.0 Å². The first-order chi connectivity index (χ1) is 12.5. The van der Waals surface area contributed by atoms with Crippen molar-refractivity contribution < 1.29 is 14.0 Å². The number of likely N-dealkylation sites (N-methyl/N-ethyl adjacent to an activating group) is 1. The smallest absolute Gasteiger partial charge is 0.245 e. The van der Waals surface area contributed by atoms with Gasteiger partial charge in [0.15, 0.2) is 0 Å². The lowest BCUT2D eigenvalue weighted by Crippen LogP contribution is -2.58. The second-order valence-electron chi connectivity index (χ2n) is 6.28. The van der Waals surface area contributed by atoms with Crippen molar-refractivity contribution in [2.75, 3.05) is 25.5 Å². The molecular formula is C17H21FN6O2. The van der Waals surface area contributed by atoms with E-state index < -0.39 is 5.54 Å². The van der Waals surface area contributed by atoms with Gasteiger partial charge in [0, 0.05) is 32.0 Å². The monoisotopic (exact) mass is 360 g/mol. The molecule has 2 heterocycles. The highest BCUT2D eigenvalue weighted by atomic mass is 19.1. The molecule has 2 aromatic rings. The number of nitrogens with one attached hydrogen (secondary N) is 2. The normalized spacial score (nSPS) is 16.2. The first kappa shape index (κ1) is 17.8. The highest BCUT2D eigenvalue weighted by molar-refractivity contribution is 5.89. The number of hydrogen-bond acceptors (Lipinski definition) is 5. The lowest BCUT2D eigenvalue weighted by atomic mass is 9.86. The van der Waals surface area contributed by atoms with Crippen LogP contribution >= 0.6 is 0 Å². The van der Waals surface area contributed by atoms with Gasteiger partial charge in [0.1, 0.15) is 17.9 Å². The summed E-state index contributed by atoms with van der Waals surface area (Å²) >= 11 is 0. The molecule has 1 aromatic carbocycles. The van der Waals surface area contributed by atoms with Gasteiger partial charge < -0.3 is 15.5 Å². The number of carbonyl (C=O) groups excluding carboxylic acids is 2. The van der Waals surface area contributed by atoms with Gasteiger partial charge in [-0.3, -0.25) is 9.59 Å². The Bertz CT molecular complexity index is 771. The number of amides is 2. The van der Waals surface area contributed by atoms with Crippen molar-refractivity contribution in [3.63, 3.8) is 0 Å². The molecule has 1 fully saturated rings. The predicted molar refractivity (Wildman–Crippen MR) is 92.7 cm³/mol. The number of benzene rings is 1. The Labute approximate surface area is 150 Å². The molecule has 0 spiro atoms. The molecule has 0 radical (unpaired) electrons. The zero-order valence-electron chi connectivity index (χ0n) is 14.5. The number of rotatable bonds is 5. The summed E-state index contributed by atoms with van der Waals surface area (Å²) in [6, 6.07) is 6.01. The van der Waals surface area contributed by atoms with Gasteiger partial charge in [0.25, 0.3) is 0 Å². The van der Waals surface area contributed by atoms with Crippen LogP contribution in [0.4, 0.5) is 10.1 Å². The van der Waals surface area contributed by atoms with Crippen LogP contribution in [0.3, 0.4) is 0 Å². The Morgan fingerprint density at radius 3 is 2.69 bits per heavy atom. The fourth-order valence-electron chi connectivity index (χ4n) is 3.18. The van der Waals surface area contributed by atoms with Crippen LogP contribution in [-0.4, -0.2) is 57.4 Å². The molecule has 1 aromatic heterocycles. The molecule has 0 atom stereocenters. The number of halogens is 1. The van der Waals surface area contributed by atoms with Gasteiger partial charge in [-0.25, -0.2) is 9.07 Å². The summed E-state index contributed by atoms with van der Waals surface area (Å²) in [5.41, 5.74) is -0.344. The minimum absolute atomic E-state index is 0.0771. The number of nitrogens with zero attached hydrogens (tertiary/aromatic N) is 4. The van der Waals surface area contributed by atoms with E-state index in [1.807, 2.05) is 0 Å². The SMILES string of the molecule is CNC(=O)C1(Nc2cccc(F)c2)CCN(C(=O)Cn2ccnn2)CC1. The highest BCUT2D eigenvalue weighted by Gasteiger charge is 2.41. The van der Waals surface area contributed by atoms with Crippen molar-refractivity contribution >= 4 is 17.5 Å². The van der Waals surface area contributed by atoms with Crippen LogP contribution in [0.5, 0.6) is 0 Å². The van der Waals surface area contributed by atoms with Crippen LogP contribution < -0.4 is 10.6 Å². The molecule has 1 aliphatic heterocycles. The molecule has 2 N–H and O–H groups in total. The fraction of sp³-hybridized carbons (Fsp3) is 0.412. The summed E-state index contributed by atoms with van der Waals surface area (Å²) < 4.78 is 14.9. The Kier molecular flexibility index (Phi) is 5.15. The fourth-order valence-corrected chi connectivity index (χ4v) is 3.18. The lowest BCUT2D eigenvalue weighted by molar-refractivity contribution is -0.136. The van der Waals surface area contributed by atoms with Crippen LogP contribution in [0, 0.1) is 5.82 Å². The molecule has 0 aliphatic carbocycles. The van der Waals surface area contributed by atoms with Gasteiger partial charge in [-0.15, -0.1) is 5.10 Å². The second-order valence-corrected chi connectivity index (χ2v) is 6.28. The third-order valence-electron chi connectivity index (χ3n) is 4.61. The molecule has 1 aliphatic rings. The summed E-state index contributed by atoms with van der Waals surface area (Å²) in [4.78, 5) is 26.6. The van der Waals surface area contributed by atoms with Crippen molar-refractivity contribution in [3.05, 3.63) is 42.5 Å². The first-order valence-electron chi connectivity index (χ1n) is 8.40. The van der Waals surface area contributed by atoms with Crippen LogP contribution in [-0.2, 0) is 16.1 Å². The minimum atomic E-state index is -0.882. The summed E-state index contributed by atoms with van der Waals surface area (Å²) in [6.45, 7) is 0.955. The molecule has 0 bridgehead atoms. The van der Waals surface area contributed by atoms with Crippen molar-refractivity contribution in [1.29, 1.82) is 0 Å². The number of carbonyl (C=O) groups is 2. The Balaban J connectivity index is 1.69. The van der Waals surface area contributed by atoms with E-state index in [4.69, 9.17) is 0 Å². The maximum Gasteiger partial charge on any atom is 0.245 e. The van der Waals surface area contributed by atoms with E-state index in [1.54, 1.807) is 30.3 Å². The van der Waals surface area contributed by atoms with E-state index in [0.29, 0.717) is 31.6 Å². The lowest BCUT2D eigenvalue weighted by Gasteiger charge is -2.41. The van der Waals surface area contributed by atoms with Crippen LogP contribution in [0.2, 0.25) is 0 Å². The van der Waals surface area contributed by atoms with Gasteiger partial charge in [0.2, 0.25) is 11.8 Å². The van der Waals surface area contributed by atoms with Gasteiger partial charge in [0.05, 0.1) is 6.20 Å². The summed E-state index contributed by atoms with van der Waals surface area (Å²) in [5, 5.41) is 13.3. The number of anilines is 1. The van der Waals surface area contributed by atoms with Crippen molar-refractivity contribution in [2.24, 2.45) is 0 Å².